The molecule has 0 amide bonds. The van der Waals surface area contributed by atoms with Crippen molar-refractivity contribution >= 4 is 22.7 Å². The molecule has 0 saturated heterocycles. The molecule has 21 heavy (non-hydrogen) atoms. The Balaban J connectivity index is 1.93. The van der Waals surface area contributed by atoms with Crippen molar-refractivity contribution in [2.24, 2.45) is 10.9 Å². The second kappa shape index (κ2) is 5.55. The molecule has 0 spiro atoms. The molecule has 0 bridgehead atoms. The first-order chi connectivity index (χ1) is 10.2. The fraction of sp³-hybridized carbons (Fsp3) is 0.400. The van der Waals surface area contributed by atoms with Gasteiger partial charge < -0.3 is 15.8 Å². The third-order valence-electron chi connectivity index (χ3n) is 3.72. The highest BCUT2D eigenvalue weighted by atomic mass is 16.4. The van der Waals surface area contributed by atoms with Gasteiger partial charge in [-0.25, -0.2) is 9.97 Å². The Morgan fingerprint density at radius 3 is 2.62 bits per heavy atom. The maximum absolute atomic E-state index is 8.68. The van der Waals surface area contributed by atoms with Crippen LogP contribution in [0.5, 0.6) is 0 Å². The van der Waals surface area contributed by atoms with Gasteiger partial charge in [0, 0.05) is 19.0 Å². The van der Waals surface area contributed by atoms with Crippen molar-refractivity contribution in [2.75, 3.05) is 11.4 Å². The third kappa shape index (κ3) is 2.89. The summed E-state index contributed by atoms with van der Waals surface area (Å²) in [4.78, 5) is 11.6. The van der Waals surface area contributed by atoms with E-state index in [2.05, 4.69) is 15.0 Å². The summed E-state index contributed by atoms with van der Waals surface area (Å²) < 4.78 is 0. The van der Waals surface area contributed by atoms with Gasteiger partial charge in [0.1, 0.15) is 5.84 Å². The lowest BCUT2D eigenvalue weighted by molar-refractivity contribution is 0.317. The summed E-state index contributed by atoms with van der Waals surface area (Å²) in [5.41, 5.74) is 8.31. The highest BCUT2D eigenvalue weighted by molar-refractivity contribution is 5.80. The predicted octanol–water partition coefficient (Wildman–Crippen LogP) is 2.04. The van der Waals surface area contributed by atoms with Crippen molar-refractivity contribution in [3.63, 3.8) is 0 Å². The summed E-state index contributed by atoms with van der Waals surface area (Å²) in [5, 5.41) is 11.7. The lowest BCUT2D eigenvalue weighted by Crippen LogP contribution is -2.31. The van der Waals surface area contributed by atoms with Gasteiger partial charge in [0.2, 0.25) is 0 Å². The van der Waals surface area contributed by atoms with Gasteiger partial charge in [0.15, 0.2) is 5.82 Å². The van der Waals surface area contributed by atoms with Crippen LogP contribution in [0.15, 0.2) is 29.4 Å². The summed E-state index contributed by atoms with van der Waals surface area (Å²) >= 11 is 0. The van der Waals surface area contributed by atoms with E-state index in [0.717, 1.165) is 35.4 Å². The van der Waals surface area contributed by atoms with Crippen molar-refractivity contribution in [1.29, 1.82) is 0 Å². The van der Waals surface area contributed by atoms with Crippen LogP contribution in [0, 0.1) is 6.92 Å². The van der Waals surface area contributed by atoms with E-state index in [1.54, 1.807) is 0 Å². The molecule has 110 valence electrons. The molecule has 3 N–H and O–H groups in total. The zero-order valence-electron chi connectivity index (χ0n) is 12.0. The fourth-order valence-electron chi connectivity index (χ4n) is 2.48. The molecule has 6 nitrogen and oxygen atoms in total. The zero-order chi connectivity index (χ0) is 14.8. The summed E-state index contributed by atoms with van der Waals surface area (Å²) in [6.45, 7) is 2.67. The van der Waals surface area contributed by atoms with Crippen LogP contribution in [0.4, 0.5) is 5.82 Å². The van der Waals surface area contributed by atoms with Crippen molar-refractivity contribution in [1.82, 2.24) is 9.97 Å². The van der Waals surface area contributed by atoms with Gasteiger partial charge in [0.05, 0.1) is 16.7 Å². The Labute approximate surface area is 123 Å². The highest BCUT2D eigenvalue weighted by Crippen LogP contribution is 2.32. The summed E-state index contributed by atoms with van der Waals surface area (Å²) in [6, 6.07) is 8.36. The van der Waals surface area contributed by atoms with Crippen LogP contribution in [-0.2, 0) is 0 Å². The third-order valence-corrected chi connectivity index (χ3v) is 3.72. The van der Waals surface area contributed by atoms with E-state index in [-0.39, 0.29) is 5.84 Å². The van der Waals surface area contributed by atoms with Gasteiger partial charge in [-0.3, -0.25) is 0 Å². The number of fused-ring (bicyclic) bond motifs is 1. The molecule has 2 aromatic rings. The number of nitrogens with two attached hydrogens (primary N) is 1. The molecule has 0 atom stereocenters. The second-order valence-electron chi connectivity index (χ2n) is 5.39. The van der Waals surface area contributed by atoms with E-state index >= 15 is 0 Å². The normalized spacial score (nSPS) is 15.4. The van der Waals surface area contributed by atoms with E-state index in [1.807, 2.05) is 31.2 Å². The van der Waals surface area contributed by atoms with E-state index < -0.39 is 0 Å². The van der Waals surface area contributed by atoms with E-state index in [4.69, 9.17) is 15.9 Å². The standard InChI is InChI=1S/C15H19N5O/c1-10-15(18-13-5-3-2-4-12(13)17-10)20(11-6-7-11)9-8-14(16)19-21/h2-5,11,21H,6-9H2,1H3,(H2,16,19). The molecule has 3 rings (SSSR count). The van der Waals surface area contributed by atoms with E-state index in [0.29, 0.717) is 19.0 Å². The molecule has 0 aliphatic heterocycles. The molecule has 1 fully saturated rings. The molecule has 0 unspecified atom stereocenters. The maximum Gasteiger partial charge on any atom is 0.151 e. The first kappa shape index (κ1) is 13.6. The van der Waals surface area contributed by atoms with Gasteiger partial charge in [-0.15, -0.1) is 0 Å². The first-order valence-corrected chi connectivity index (χ1v) is 7.15. The van der Waals surface area contributed by atoms with Gasteiger partial charge in [-0.1, -0.05) is 17.3 Å². The number of amidine groups is 1. The minimum Gasteiger partial charge on any atom is -0.409 e. The molecule has 1 aromatic carbocycles. The topological polar surface area (TPSA) is 87.6 Å². The number of hydrogen-bond acceptors (Lipinski definition) is 5. The van der Waals surface area contributed by atoms with Crippen molar-refractivity contribution in [3.8, 4) is 0 Å². The second-order valence-corrected chi connectivity index (χ2v) is 5.39. The molecular formula is C15H19N5O. The summed E-state index contributed by atoms with van der Waals surface area (Å²) in [6.07, 6.45) is 2.83. The molecule has 1 aliphatic rings. The number of nitrogens with zero attached hydrogens (tertiary/aromatic N) is 4. The number of para-hydroxylation sites is 2. The number of rotatable bonds is 5. The van der Waals surface area contributed by atoms with E-state index in [1.165, 1.54) is 0 Å². The Morgan fingerprint density at radius 2 is 2.00 bits per heavy atom. The van der Waals surface area contributed by atoms with Gasteiger partial charge in [0.25, 0.3) is 0 Å². The molecule has 1 aliphatic carbocycles. The van der Waals surface area contributed by atoms with Crippen LogP contribution < -0.4 is 10.6 Å². The molecular weight excluding hydrogens is 266 g/mol. The van der Waals surface area contributed by atoms with Crippen LogP contribution in [0.1, 0.15) is 25.0 Å². The van der Waals surface area contributed by atoms with Crippen LogP contribution in [-0.4, -0.2) is 33.6 Å². The number of benzene rings is 1. The van der Waals surface area contributed by atoms with Crippen molar-refractivity contribution in [3.05, 3.63) is 30.0 Å². The van der Waals surface area contributed by atoms with Gasteiger partial charge >= 0.3 is 0 Å². The van der Waals surface area contributed by atoms with Crippen LogP contribution in [0.3, 0.4) is 0 Å². The minimum atomic E-state index is 0.243. The molecule has 1 aromatic heterocycles. The highest BCUT2D eigenvalue weighted by Gasteiger charge is 2.31. The van der Waals surface area contributed by atoms with Crippen LogP contribution in [0.25, 0.3) is 11.0 Å². The molecule has 6 heteroatoms. The Hall–Kier alpha value is -2.37. The zero-order valence-corrected chi connectivity index (χ0v) is 12.0. The van der Waals surface area contributed by atoms with Gasteiger partial charge in [-0.2, -0.15) is 0 Å². The van der Waals surface area contributed by atoms with Gasteiger partial charge in [-0.05, 0) is 31.9 Å². The lowest BCUT2D eigenvalue weighted by atomic mass is 10.2. The number of aromatic nitrogens is 2. The quantitative estimate of drug-likeness (QED) is 0.380. The number of oxime groups is 1. The Kier molecular flexibility index (Phi) is 3.60. The SMILES string of the molecule is Cc1nc2ccccc2nc1N(CCC(N)=NO)C1CC1. The molecule has 1 saturated carbocycles. The number of hydrogen-bond donors (Lipinski definition) is 2. The average molecular weight is 285 g/mol. The Bertz CT molecular complexity index is 681. The number of aryl methyl sites for hydroxylation is 1. The lowest BCUT2D eigenvalue weighted by Gasteiger charge is -2.24. The van der Waals surface area contributed by atoms with Crippen LogP contribution in [0.2, 0.25) is 0 Å². The van der Waals surface area contributed by atoms with Crippen molar-refractivity contribution in [2.45, 2.75) is 32.2 Å². The number of anilines is 1. The molecule has 0 radical (unpaired) electrons. The summed E-state index contributed by atoms with van der Waals surface area (Å²) in [5.74, 6) is 1.15. The first-order valence-electron chi connectivity index (χ1n) is 7.15. The smallest absolute Gasteiger partial charge is 0.151 e. The largest absolute Gasteiger partial charge is 0.409 e. The summed E-state index contributed by atoms with van der Waals surface area (Å²) in [7, 11) is 0. The van der Waals surface area contributed by atoms with Crippen molar-refractivity contribution < 1.29 is 5.21 Å². The monoisotopic (exact) mass is 285 g/mol. The maximum atomic E-state index is 8.68. The Morgan fingerprint density at radius 1 is 1.33 bits per heavy atom. The fourth-order valence-corrected chi connectivity index (χ4v) is 2.48. The van der Waals surface area contributed by atoms with E-state index in [9.17, 15) is 0 Å². The molecule has 1 heterocycles. The minimum absolute atomic E-state index is 0.243. The van der Waals surface area contributed by atoms with Crippen LogP contribution >= 0.6 is 0 Å². The predicted molar refractivity (Wildman–Crippen MR) is 82.7 cm³/mol. The average Bonchev–Trinajstić information content (AvgIpc) is 3.32.